The number of amides is 1. The van der Waals surface area contributed by atoms with Crippen molar-refractivity contribution >= 4 is 33.1 Å². The summed E-state index contributed by atoms with van der Waals surface area (Å²) in [6, 6.07) is 16.7. The third-order valence-electron chi connectivity index (χ3n) is 8.08. The van der Waals surface area contributed by atoms with Crippen molar-refractivity contribution in [1.29, 1.82) is 0 Å². The Bertz CT molecular complexity index is 1600. The Kier molecular flexibility index (Phi) is 6.21. The highest BCUT2D eigenvalue weighted by atomic mass is 32.2. The quantitative estimate of drug-likeness (QED) is 0.508. The molecule has 1 fully saturated rings. The molecule has 2 aromatic heterocycles. The first-order valence-electron chi connectivity index (χ1n) is 13.4. The lowest BCUT2D eigenvalue weighted by Crippen LogP contribution is -2.41. The van der Waals surface area contributed by atoms with Crippen molar-refractivity contribution in [3.05, 3.63) is 83.1 Å². The molecule has 3 aliphatic rings. The molecule has 0 saturated carbocycles. The van der Waals surface area contributed by atoms with Crippen LogP contribution in [0.25, 0.3) is 5.57 Å². The minimum Gasteiger partial charge on any atom is -0.352 e. The molecule has 0 bridgehead atoms. The van der Waals surface area contributed by atoms with Crippen LogP contribution in [-0.2, 0) is 16.4 Å². The van der Waals surface area contributed by atoms with Gasteiger partial charge < -0.3 is 9.80 Å². The van der Waals surface area contributed by atoms with E-state index in [4.69, 9.17) is 0 Å². The minimum atomic E-state index is -4.21. The minimum absolute atomic E-state index is 0.177. The van der Waals surface area contributed by atoms with E-state index in [0.29, 0.717) is 24.1 Å². The maximum Gasteiger partial charge on any atom is 0.281 e. The van der Waals surface area contributed by atoms with Crippen molar-refractivity contribution in [2.75, 3.05) is 29.4 Å². The SMILES string of the molecule is CC1CN(c2ncccc2C(=O)NS(=O)(=O)c2cccc(N3CCC4=C(Cc5ccccc54)C3)n2)C(C)(C)C1. The van der Waals surface area contributed by atoms with Gasteiger partial charge in [0.05, 0.1) is 5.56 Å². The van der Waals surface area contributed by atoms with Gasteiger partial charge in [0, 0.05) is 31.4 Å². The summed E-state index contributed by atoms with van der Waals surface area (Å²) in [6.07, 6.45) is 4.39. The molecule has 0 radical (unpaired) electrons. The van der Waals surface area contributed by atoms with Gasteiger partial charge >= 0.3 is 0 Å². The highest BCUT2D eigenvalue weighted by Gasteiger charge is 2.39. The van der Waals surface area contributed by atoms with E-state index in [-0.39, 0.29) is 16.1 Å². The average molecular weight is 544 g/mol. The van der Waals surface area contributed by atoms with Crippen LogP contribution in [0.4, 0.5) is 11.6 Å². The number of pyridine rings is 2. The number of anilines is 2. The second-order valence-corrected chi connectivity index (χ2v) is 13.1. The first kappa shape index (κ1) is 25.6. The molecule has 1 unspecified atom stereocenters. The van der Waals surface area contributed by atoms with Gasteiger partial charge in [0.1, 0.15) is 11.6 Å². The van der Waals surface area contributed by atoms with E-state index in [1.165, 1.54) is 28.3 Å². The number of benzene rings is 1. The Labute approximate surface area is 229 Å². The summed E-state index contributed by atoms with van der Waals surface area (Å²) in [6.45, 7) is 8.60. The first-order valence-corrected chi connectivity index (χ1v) is 14.9. The molecule has 9 heteroatoms. The van der Waals surface area contributed by atoms with Crippen LogP contribution in [0.15, 0.2) is 71.4 Å². The van der Waals surface area contributed by atoms with Gasteiger partial charge in [0.2, 0.25) is 0 Å². The number of carbonyl (C=O) groups excluding carboxylic acids is 1. The number of rotatable bonds is 5. The summed E-state index contributed by atoms with van der Waals surface area (Å²) >= 11 is 0. The summed E-state index contributed by atoms with van der Waals surface area (Å²) in [5.74, 6) is 0.810. The molecule has 2 aliphatic heterocycles. The first-order chi connectivity index (χ1) is 18.6. The van der Waals surface area contributed by atoms with Crippen molar-refractivity contribution in [3.63, 3.8) is 0 Å². The van der Waals surface area contributed by atoms with E-state index in [2.05, 4.69) is 69.5 Å². The molecule has 1 saturated heterocycles. The number of fused-ring (bicyclic) bond motifs is 2. The van der Waals surface area contributed by atoms with Crippen LogP contribution in [0, 0.1) is 5.92 Å². The Balaban J connectivity index is 1.22. The second kappa shape index (κ2) is 9.48. The van der Waals surface area contributed by atoms with Gasteiger partial charge in [-0.05, 0) is 85.6 Å². The van der Waals surface area contributed by atoms with Crippen LogP contribution in [-0.4, -0.2) is 49.5 Å². The number of hydrogen-bond donors (Lipinski definition) is 1. The summed E-state index contributed by atoms with van der Waals surface area (Å²) < 4.78 is 28.9. The maximum absolute atomic E-state index is 13.3. The third-order valence-corrected chi connectivity index (χ3v) is 9.31. The summed E-state index contributed by atoms with van der Waals surface area (Å²) in [5, 5.41) is -0.177. The normalized spacial score (nSPS) is 20.1. The Hall–Kier alpha value is -3.72. The Morgan fingerprint density at radius 2 is 1.90 bits per heavy atom. The predicted molar refractivity (Wildman–Crippen MR) is 152 cm³/mol. The van der Waals surface area contributed by atoms with E-state index >= 15 is 0 Å². The largest absolute Gasteiger partial charge is 0.352 e. The van der Waals surface area contributed by atoms with Crippen molar-refractivity contribution in [2.45, 2.75) is 50.6 Å². The van der Waals surface area contributed by atoms with Crippen LogP contribution in [0.5, 0.6) is 0 Å². The molecule has 1 aliphatic carbocycles. The van der Waals surface area contributed by atoms with Crippen molar-refractivity contribution in [3.8, 4) is 0 Å². The third kappa shape index (κ3) is 4.69. The fraction of sp³-hybridized carbons (Fsp3) is 0.367. The lowest BCUT2D eigenvalue weighted by atomic mass is 9.97. The summed E-state index contributed by atoms with van der Waals surface area (Å²) in [5.41, 5.74) is 5.48. The lowest BCUT2D eigenvalue weighted by molar-refractivity contribution is 0.0981. The smallest absolute Gasteiger partial charge is 0.281 e. The van der Waals surface area contributed by atoms with Crippen molar-refractivity contribution < 1.29 is 13.2 Å². The molecular weight excluding hydrogens is 510 g/mol. The zero-order chi connectivity index (χ0) is 27.4. The zero-order valence-electron chi connectivity index (χ0n) is 22.5. The Morgan fingerprint density at radius 3 is 2.69 bits per heavy atom. The Morgan fingerprint density at radius 1 is 1.08 bits per heavy atom. The fourth-order valence-electron chi connectivity index (χ4n) is 6.42. The number of nitrogens with zero attached hydrogens (tertiary/aromatic N) is 4. The molecule has 8 nitrogen and oxygen atoms in total. The monoisotopic (exact) mass is 543 g/mol. The van der Waals surface area contributed by atoms with Crippen LogP contribution >= 0.6 is 0 Å². The van der Waals surface area contributed by atoms with E-state index in [0.717, 1.165) is 32.4 Å². The topological polar surface area (TPSA) is 95.5 Å². The molecule has 202 valence electrons. The molecule has 3 aromatic rings. The van der Waals surface area contributed by atoms with Crippen LogP contribution in [0.3, 0.4) is 0 Å². The highest BCUT2D eigenvalue weighted by molar-refractivity contribution is 7.90. The highest BCUT2D eigenvalue weighted by Crippen LogP contribution is 2.39. The zero-order valence-corrected chi connectivity index (χ0v) is 23.3. The van der Waals surface area contributed by atoms with Gasteiger partial charge in [0.15, 0.2) is 5.03 Å². The molecule has 39 heavy (non-hydrogen) atoms. The number of aromatic nitrogens is 2. The molecule has 1 N–H and O–H groups in total. The second-order valence-electron chi connectivity index (χ2n) is 11.5. The van der Waals surface area contributed by atoms with Gasteiger partial charge in [0.25, 0.3) is 15.9 Å². The average Bonchev–Trinajstić information content (AvgIpc) is 3.42. The van der Waals surface area contributed by atoms with Gasteiger partial charge in [-0.3, -0.25) is 4.79 Å². The number of nitrogens with one attached hydrogen (secondary N) is 1. The number of carbonyl (C=O) groups is 1. The lowest BCUT2D eigenvalue weighted by Gasteiger charge is -2.33. The number of sulfonamides is 1. The van der Waals surface area contributed by atoms with Crippen molar-refractivity contribution in [1.82, 2.24) is 14.7 Å². The van der Waals surface area contributed by atoms with Gasteiger partial charge in [-0.2, -0.15) is 8.42 Å². The maximum atomic E-state index is 13.3. The van der Waals surface area contributed by atoms with E-state index < -0.39 is 15.9 Å². The van der Waals surface area contributed by atoms with Crippen LogP contribution in [0.1, 0.15) is 55.1 Å². The summed E-state index contributed by atoms with van der Waals surface area (Å²) in [4.78, 5) is 26.5. The van der Waals surface area contributed by atoms with Crippen LogP contribution in [0.2, 0.25) is 0 Å². The fourth-order valence-corrected chi connectivity index (χ4v) is 7.35. The van der Waals surface area contributed by atoms with Gasteiger partial charge in [-0.25, -0.2) is 14.7 Å². The molecule has 4 heterocycles. The van der Waals surface area contributed by atoms with Gasteiger partial charge in [-0.1, -0.05) is 37.3 Å². The van der Waals surface area contributed by atoms with Gasteiger partial charge in [-0.15, -0.1) is 0 Å². The van der Waals surface area contributed by atoms with E-state index in [9.17, 15) is 13.2 Å². The van der Waals surface area contributed by atoms with Crippen molar-refractivity contribution in [2.24, 2.45) is 5.92 Å². The molecule has 1 amide bonds. The molecule has 0 spiro atoms. The van der Waals surface area contributed by atoms with Crippen LogP contribution < -0.4 is 14.5 Å². The molecule has 6 rings (SSSR count). The number of hydrogen-bond acceptors (Lipinski definition) is 7. The van der Waals surface area contributed by atoms with E-state index in [1.54, 1.807) is 24.4 Å². The molecule has 1 atom stereocenters. The molecular formula is C30H33N5O3S. The standard InChI is InChI=1S/C30H33N5O3S/c1-20-17-30(2,3)35(18-20)28-25(10-7-14-31-28)29(36)33-39(37,38)27-12-6-11-26(32-27)34-15-13-24-22(19-34)16-21-8-4-5-9-23(21)24/h4-12,14,20H,13,15-19H2,1-3H3,(H,33,36). The van der Waals surface area contributed by atoms with E-state index in [1.807, 2.05) is 6.07 Å². The summed E-state index contributed by atoms with van der Waals surface area (Å²) in [7, 11) is -4.21. The predicted octanol–water partition coefficient (Wildman–Crippen LogP) is 4.44. The molecule has 1 aromatic carbocycles.